The number of hydrogen-bond acceptors (Lipinski definition) is 3. The molecule has 1 aromatic carbocycles. The second-order valence-corrected chi connectivity index (χ2v) is 6.93. The summed E-state index contributed by atoms with van der Waals surface area (Å²) in [6, 6.07) is 6.00. The van der Waals surface area contributed by atoms with Crippen molar-refractivity contribution in [1.29, 1.82) is 0 Å². The molecule has 0 radical (unpaired) electrons. The summed E-state index contributed by atoms with van der Waals surface area (Å²) < 4.78 is 10.8. The van der Waals surface area contributed by atoms with E-state index in [9.17, 15) is 4.79 Å². The molecule has 0 spiro atoms. The van der Waals surface area contributed by atoms with Gasteiger partial charge in [-0.1, -0.05) is 0 Å². The summed E-state index contributed by atoms with van der Waals surface area (Å²) >= 11 is 0. The average Bonchev–Trinajstić information content (AvgIpc) is 3.16. The number of quaternary nitrogens is 1. The molecule has 0 bridgehead atoms. The zero-order valence-electron chi connectivity index (χ0n) is 14.8. The van der Waals surface area contributed by atoms with Crippen LogP contribution in [0.25, 0.3) is 0 Å². The number of likely N-dealkylation sites (tertiary alicyclic amines) is 2. The maximum Gasteiger partial charge on any atom is 0.231 e. The van der Waals surface area contributed by atoms with Crippen molar-refractivity contribution in [3.05, 3.63) is 23.8 Å². The molecular formula is C19H29N2O3+. The van der Waals surface area contributed by atoms with Gasteiger partial charge in [0.1, 0.15) is 18.0 Å². The molecule has 2 aliphatic heterocycles. The first-order chi connectivity index (χ1) is 11.7. The number of piperidine rings is 1. The lowest BCUT2D eigenvalue weighted by Crippen LogP contribution is -3.12. The summed E-state index contributed by atoms with van der Waals surface area (Å²) in [7, 11) is 3.36. The number of carbonyl (C=O) groups excluding carboxylic acids is 1. The molecule has 2 atom stereocenters. The van der Waals surface area contributed by atoms with E-state index in [1.54, 1.807) is 14.2 Å². The van der Waals surface area contributed by atoms with Crippen molar-refractivity contribution in [2.24, 2.45) is 5.92 Å². The molecule has 2 unspecified atom stereocenters. The highest BCUT2D eigenvalue weighted by molar-refractivity contribution is 5.79. The van der Waals surface area contributed by atoms with Gasteiger partial charge in [-0.25, -0.2) is 0 Å². The van der Waals surface area contributed by atoms with E-state index in [-0.39, 0.29) is 5.92 Å². The fourth-order valence-corrected chi connectivity index (χ4v) is 3.99. The van der Waals surface area contributed by atoms with Crippen molar-refractivity contribution < 1.29 is 19.2 Å². The molecule has 1 N–H and O–H groups in total. The Bertz CT molecular complexity index is 570. The molecule has 1 aromatic rings. The molecule has 2 saturated heterocycles. The summed E-state index contributed by atoms with van der Waals surface area (Å²) in [5.41, 5.74) is 1.18. The number of nitrogens with zero attached hydrogens (tertiary/aromatic N) is 1. The summed E-state index contributed by atoms with van der Waals surface area (Å²) in [5, 5.41) is 0. The van der Waals surface area contributed by atoms with Crippen molar-refractivity contribution in [2.45, 2.75) is 32.2 Å². The smallest absolute Gasteiger partial charge is 0.231 e. The molecule has 24 heavy (non-hydrogen) atoms. The minimum atomic E-state index is 0.191. The third kappa shape index (κ3) is 3.83. The molecule has 2 heterocycles. The number of methoxy groups -OCH3 is 2. The Kier molecular flexibility index (Phi) is 5.61. The highest BCUT2D eigenvalue weighted by atomic mass is 16.5. The molecule has 1 amide bonds. The third-order valence-electron chi connectivity index (χ3n) is 5.32. The van der Waals surface area contributed by atoms with Crippen LogP contribution in [0.4, 0.5) is 0 Å². The van der Waals surface area contributed by atoms with E-state index in [0.717, 1.165) is 69.9 Å². The molecule has 3 rings (SSSR count). The van der Waals surface area contributed by atoms with Crippen LogP contribution in [-0.4, -0.2) is 51.2 Å². The van der Waals surface area contributed by atoms with Gasteiger partial charge in [0, 0.05) is 24.7 Å². The van der Waals surface area contributed by atoms with E-state index < -0.39 is 0 Å². The van der Waals surface area contributed by atoms with E-state index in [1.165, 1.54) is 10.5 Å². The number of ether oxygens (including phenoxy) is 2. The van der Waals surface area contributed by atoms with Crippen LogP contribution >= 0.6 is 0 Å². The van der Waals surface area contributed by atoms with Gasteiger partial charge in [-0.05, 0) is 37.8 Å². The van der Waals surface area contributed by atoms with Gasteiger partial charge in [-0.15, -0.1) is 0 Å². The molecule has 5 heteroatoms. The number of nitrogens with one attached hydrogen (secondary N) is 1. The van der Waals surface area contributed by atoms with Crippen molar-refractivity contribution in [2.75, 3.05) is 40.4 Å². The molecular weight excluding hydrogens is 304 g/mol. The number of rotatable bonds is 5. The maximum atomic E-state index is 12.7. The number of benzene rings is 1. The Morgan fingerprint density at radius 3 is 2.71 bits per heavy atom. The van der Waals surface area contributed by atoms with Crippen LogP contribution < -0.4 is 14.4 Å². The fraction of sp³-hybridized carbons (Fsp3) is 0.632. The first-order valence-electron chi connectivity index (χ1n) is 9.04. The Morgan fingerprint density at radius 2 is 2.00 bits per heavy atom. The molecule has 0 saturated carbocycles. The predicted molar refractivity (Wildman–Crippen MR) is 92.5 cm³/mol. The summed E-state index contributed by atoms with van der Waals surface area (Å²) in [6.07, 6.45) is 4.49. The zero-order chi connectivity index (χ0) is 16.9. The summed E-state index contributed by atoms with van der Waals surface area (Å²) in [5.74, 6) is 2.25. The molecule has 132 valence electrons. The normalized spacial score (nSPS) is 24.0. The van der Waals surface area contributed by atoms with Crippen molar-refractivity contribution in [3.8, 4) is 11.5 Å². The van der Waals surface area contributed by atoms with Crippen LogP contribution in [0.15, 0.2) is 18.2 Å². The van der Waals surface area contributed by atoms with E-state index in [1.807, 2.05) is 12.1 Å². The number of hydrogen-bond donors (Lipinski definition) is 1. The largest absolute Gasteiger partial charge is 0.497 e. The Balaban J connectivity index is 1.64. The van der Waals surface area contributed by atoms with Crippen LogP contribution in [0.2, 0.25) is 0 Å². The van der Waals surface area contributed by atoms with Crippen LogP contribution in [0.3, 0.4) is 0 Å². The molecule has 2 aliphatic rings. The second kappa shape index (κ2) is 7.88. The molecule has 0 aromatic heterocycles. The van der Waals surface area contributed by atoms with Gasteiger partial charge < -0.3 is 19.3 Å². The van der Waals surface area contributed by atoms with Crippen LogP contribution in [-0.2, 0) is 11.3 Å². The SMILES string of the molecule is COc1ccc(C[NH+]2CCCC(C(=O)N3CCCC3)C2)c(OC)c1. The van der Waals surface area contributed by atoms with Crippen molar-refractivity contribution in [1.82, 2.24) is 4.90 Å². The zero-order valence-corrected chi connectivity index (χ0v) is 14.8. The Hall–Kier alpha value is -1.75. The third-order valence-corrected chi connectivity index (χ3v) is 5.32. The van der Waals surface area contributed by atoms with Crippen molar-refractivity contribution in [3.63, 3.8) is 0 Å². The fourth-order valence-electron chi connectivity index (χ4n) is 3.99. The Morgan fingerprint density at radius 1 is 1.21 bits per heavy atom. The van der Waals surface area contributed by atoms with Gasteiger partial charge in [-0.2, -0.15) is 0 Å². The highest BCUT2D eigenvalue weighted by Gasteiger charge is 2.33. The van der Waals surface area contributed by atoms with Crippen LogP contribution in [0.1, 0.15) is 31.2 Å². The minimum Gasteiger partial charge on any atom is -0.497 e. The second-order valence-electron chi connectivity index (χ2n) is 6.93. The molecule has 5 nitrogen and oxygen atoms in total. The number of amides is 1. The first kappa shape index (κ1) is 17.1. The monoisotopic (exact) mass is 333 g/mol. The maximum absolute atomic E-state index is 12.7. The average molecular weight is 333 g/mol. The topological polar surface area (TPSA) is 43.2 Å². The lowest BCUT2D eigenvalue weighted by Gasteiger charge is -2.31. The predicted octanol–water partition coefficient (Wildman–Crippen LogP) is 1.12. The highest BCUT2D eigenvalue weighted by Crippen LogP contribution is 2.24. The summed E-state index contributed by atoms with van der Waals surface area (Å²) in [6.45, 7) is 4.87. The minimum absolute atomic E-state index is 0.191. The standard InChI is InChI=1S/C19H28N2O3/c1-23-17-8-7-15(18(12-17)24-2)13-20-9-5-6-16(14-20)19(22)21-10-3-4-11-21/h7-8,12,16H,3-6,9-11,13-14H2,1-2H3/p+1. The van der Waals surface area contributed by atoms with E-state index in [4.69, 9.17) is 9.47 Å². The van der Waals surface area contributed by atoms with Gasteiger partial charge in [-0.3, -0.25) is 4.79 Å². The number of carbonyl (C=O) groups is 1. The lowest BCUT2D eigenvalue weighted by molar-refractivity contribution is -0.921. The van der Waals surface area contributed by atoms with Crippen molar-refractivity contribution >= 4 is 5.91 Å². The molecule has 2 fully saturated rings. The van der Waals surface area contributed by atoms with Crippen LogP contribution in [0, 0.1) is 5.92 Å². The van der Waals surface area contributed by atoms with E-state index in [0.29, 0.717) is 5.91 Å². The Labute approximate surface area is 144 Å². The summed E-state index contributed by atoms with van der Waals surface area (Å²) in [4.78, 5) is 16.2. The molecule has 0 aliphatic carbocycles. The quantitative estimate of drug-likeness (QED) is 0.878. The van der Waals surface area contributed by atoms with Crippen LogP contribution in [0.5, 0.6) is 11.5 Å². The van der Waals surface area contributed by atoms with E-state index in [2.05, 4.69) is 11.0 Å². The van der Waals surface area contributed by atoms with Gasteiger partial charge in [0.2, 0.25) is 5.91 Å². The first-order valence-corrected chi connectivity index (χ1v) is 9.04. The lowest BCUT2D eigenvalue weighted by atomic mass is 9.96. The van der Waals surface area contributed by atoms with Gasteiger partial charge in [0.05, 0.1) is 33.2 Å². The van der Waals surface area contributed by atoms with Gasteiger partial charge in [0.25, 0.3) is 0 Å². The van der Waals surface area contributed by atoms with Gasteiger partial charge in [0.15, 0.2) is 0 Å². The van der Waals surface area contributed by atoms with Gasteiger partial charge >= 0.3 is 0 Å². The van der Waals surface area contributed by atoms with E-state index >= 15 is 0 Å².